The number of aromatic amines is 1. The molecule has 1 saturated heterocycles. The third kappa shape index (κ3) is 3.11. The minimum Gasteiger partial charge on any atom is -0.328 e. The Morgan fingerprint density at radius 3 is 2.69 bits per heavy atom. The highest BCUT2D eigenvalue weighted by Gasteiger charge is 2.32. The van der Waals surface area contributed by atoms with Gasteiger partial charge in [-0.2, -0.15) is 0 Å². The zero-order valence-corrected chi connectivity index (χ0v) is 14.0. The Labute approximate surface area is 149 Å². The summed E-state index contributed by atoms with van der Waals surface area (Å²) in [5.41, 5.74) is 1.61. The zero-order valence-electron chi connectivity index (χ0n) is 14.0. The van der Waals surface area contributed by atoms with Crippen molar-refractivity contribution in [1.82, 2.24) is 24.8 Å². The molecule has 1 aliphatic rings. The molecule has 7 nitrogen and oxygen atoms in total. The summed E-state index contributed by atoms with van der Waals surface area (Å²) in [4.78, 5) is 42.2. The van der Waals surface area contributed by atoms with Crippen LogP contribution in [-0.2, 0) is 0 Å². The average molecular weight is 347 g/mol. The van der Waals surface area contributed by atoms with Gasteiger partial charge in [-0.1, -0.05) is 0 Å². The number of hydrogen-bond acceptors (Lipinski definition) is 5. The van der Waals surface area contributed by atoms with Gasteiger partial charge < -0.3 is 9.88 Å². The first-order chi connectivity index (χ1) is 12.7. The Morgan fingerprint density at radius 2 is 1.96 bits per heavy atom. The molecule has 3 aromatic heterocycles. The highest BCUT2D eigenvalue weighted by molar-refractivity contribution is 5.94. The molecule has 3 aromatic rings. The van der Waals surface area contributed by atoms with Crippen LogP contribution in [0.15, 0.2) is 59.9 Å². The van der Waals surface area contributed by atoms with Crippen LogP contribution in [0, 0.1) is 0 Å². The number of carbonyl (C=O) groups is 1. The van der Waals surface area contributed by atoms with Crippen molar-refractivity contribution in [3.63, 3.8) is 0 Å². The van der Waals surface area contributed by atoms with Crippen molar-refractivity contribution < 1.29 is 4.79 Å². The molecule has 1 amide bonds. The average Bonchev–Trinajstić information content (AvgIpc) is 3.18. The molecule has 1 atom stereocenters. The Kier molecular flexibility index (Phi) is 4.27. The SMILES string of the molecule is O=C(c1cccnc1)N1CCC[C@@H]1c1nc(-c2cccnc2)cc(=O)[nH]1. The molecule has 26 heavy (non-hydrogen) atoms. The molecule has 0 unspecified atom stereocenters. The molecule has 1 aliphatic heterocycles. The molecular weight excluding hydrogens is 330 g/mol. The minimum atomic E-state index is -0.257. The second-order valence-corrected chi connectivity index (χ2v) is 6.16. The van der Waals surface area contributed by atoms with Crippen LogP contribution >= 0.6 is 0 Å². The van der Waals surface area contributed by atoms with Crippen LogP contribution in [0.4, 0.5) is 0 Å². The number of carbonyl (C=O) groups excluding carboxylic acids is 1. The number of nitrogens with zero attached hydrogens (tertiary/aromatic N) is 4. The van der Waals surface area contributed by atoms with Crippen LogP contribution in [0.2, 0.25) is 0 Å². The van der Waals surface area contributed by atoms with Gasteiger partial charge in [-0.15, -0.1) is 0 Å². The lowest BCUT2D eigenvalue weighted by molar-refractivity contribution is 0.0729. The van der Waals surface area contributed by atoms with E-state index in [1.54, 1.807) is 47.9 Å². The maximum Gasteiger partial charge on any atom is 0.256 e. The van der Waals surface area contributed by atoms with E-state index < -0.39 is 0 Å². The van der Waals surface area contributed by atoms with Gasteiger partial charge >= 0.3 is 0 Å². The number of pyridine rings is 2. The van der Waals surface area contributed by atoms with Gasteiger partial charge in [0.2, 0.25) is 0 Å². The van der Waals surface area contributed by atoms with E-state index in [-0.39, 0.29) is 17.5 Å². The Hall–Kier alpha value is -3.35. The first-order valence-corrected chi connectivity index (χ1v) is 8.45. The molecule has 1 fully saturated rings. The highest BCUT2D eigenvalue weighted by atomic mass is 16.2. The van der Waals surface area contributed by atoms with Crippen LogP contribution in [0.5, 0.6) is 0 Å². The van der Waals surface area contributed by atoms with E-state index in [9.17, 15) is 9.59 Å². The first-order valence-electron chi connectivity index (χ1n) is 8.45. The second kappa shape index (κ2) is 6.87. The smallest absolute Gasteiger partial charge is 0.256 e. The zero-order chi connectivity index (χ0) is 17.9. The second-order valence-electron chi connectivity index (χ2n) is 6.16. The quantitative estimate of drug-likeness (QED) is 0.784. The molecule has 0 radical (unpaired) electrons. The highest BCUT2D eigenvalue weighted by Crippen LogP contribution is 2.31. The summed E-state index contributed by atoms with van der Waals surface area (Å²) in [7, 11) is 0. The molecule has 4 rings (SSSR count). The van der Waals surface area contributed by atoms with Gasteiger partial charge in [-0.3, -0.25) is 19.6 Å². The number of rotatable bonds is 3. The fraction of sp³-hybridized carbons (Fsp3) is 0.211. The summed E-state index contributed by atoms with van der Waals surface area (Å²) in [6.45, 7) is 0.624. The van der Waals surface area contributed by atoms with Gasteiger partial charge in [0.25, 0.3) is 11.5 Å². The molecular formula is C19H17N5O2. The monoisotopic (exact) mass is 347 g/mol. The summed E-state index contributed by atoms with van der Waals surface area (Å²) >= 11 is 0. The lowest BCUT2D eigenvalue weighted by Gasteiger charge is -2.24. The molecule has 0 aromatic carbocycles. The van der Waals surface area contributed by atoms with Gasteiger partial charge in [0, 0.05) is 43.0 Å². The maximum absolute atomic E-state index is 12.8. The van der Waals surface area contributed by atoms with Crippen molar-refractivity contribution in [3.05, 3.63) is 76.9 Å². The van der Waals surface area contributed by atoms with Gasteiger partial charge in [-0.25, -0.2) is 4.98 Å². The number of hydrogen-bond donors (Lipinski definition) is 1. The Balaban J connectivity index is 1.69. The normalized spacial score (nSPS) is 16.6. The summed E-state index contributed by atoms with van der Waals surface area (Å²) in [6.07, 6.45) is 8.14. The lowest BCUT2D eigenvalue weighted by Crippen LogP contribution is -2.32. The Morgan fingerprint density at radius 1 is 1.15 bits per heavy atom. The maximum atomic E-state index is 12.8. The third-order valence-electron chi connectivity index (χ3n) is 4.46. The molecule has 130 valence electrons. The topological polar surface area (TPSA) is 91.8 Å². The van der Waals surface area contributed by atoms with E-state index >= 15 is 0 Å². The molecule has 0 bridgehead atoms. The van der Waals surface area contributed by atoms with Crippen LogP contribution in [0.3, 0.4) is 0 Å². The lowest BCUT2D eigenvalue weighted by atomic mass is 10.1. The molecule has 4 heterocycles. The van der Waals surface area contributed by atoms with E-state index in [0.29, 0.717) is 23.6 Å². The van der Waals surface area contributed by atoms with Crippen LogP contribution in [0.1, 0.15) is 35.1 Å². The first kappa shape index (κ1) is 16.1. The van der Waals surface area contributed by atoms with Crippen LogP contribution in [-0.4, -0.2) is 37.3 Å². The van der Waals surface area contributed by atoms with Gasteiger partial charge in [0.1, 0.15) is 5.82 Å². The van der Waals surface area contributed by atoms with Crippen molar-refractivity contribution in [2.45, 2.75) is 18.9 Å². The standard InChI is InChI=1S/C19H17N5O2/c25-17-10-15(13-4-1-7-20-11-13)22-18(23-17)16-6-3-9-24(16)19(26)14-5-2-8-21-12-14/h1-2,4-5,7-8,10-12,16H,3,6,9H2,(H,22,23,25)/t16-/m1/s1. The number of H-pyrrole nitrogens is 1. The van der Waals surface area contributed by atoms with Gasteiger partial charge in [-0.05, 0) is 37.1 Å². The number of amides is 1. The van der Waals surface area contributed by atoms with Gasteiger partial charge in [0.15, 0.2) is 0 Å². The number of aromatic nitrogens is 4. The predicted octanol–water partition coefficient (Wildman–Crippen LogP) is 2.20. The van der Waals surface area contributed by atoms with E-state index in [2.05, 4.69) is 19.9 Å². The number of nitrogens with one attached hydrogen (secondary N) is 1. The summed E-state index contributed by atoms with van der Waals surface area (Å²) < 4.78 is 0. The van der Waals surface area contributed by atoms with E-state index in [0.717, 1.165) is 18.4 Å². The Bertz CT molecular complexity index is 972. The van der Waals surface area contributed by atoms with Crippen molar-refractivity contribution in [3.8, 4) is 11.3 Å². The predicted molar refractivity (Wildman–Crippen MR) is 95.3 cm³/mol. The summed E-state index contributed by atoms with van der Waals surface area (Å²) in [5, 5.41) is 0. The van der Waals surface area contributed by atoms with Crippen LogP contribution < -0.4 is 5.56 Å². The fourth-order valence-corrected chi connectivity index (χ4v) is 3.25. The van der Waals surface area contributed by atoms with Crippen molar-refractivity contribution in [2.24, 2.45) is 0 Å². The van der Waals surface area contributed by atoms with Crippen molar-refractivity contribution >= 4 is 5.91 Å². The molecule has 1 N–H and O–H groups in total. The van der Waals surface area contributed by atoms with Crippen LogP contribution in [0.25, 0.3) is 11.3 Å². The minimum absolute atomic E-state index is 0.102. The van der Waals surface area contributed by atoms with E-state index in [1.807, 2.05) is 6.07 Å². The summed E-state index contributed by atoms with van der Waals surface area (Å²) in [6, 6.07) is 8.32. The van der Waals surface area contributed by atoms with Crippen molar-refractivity contribution in [2.75, 3.05) is 6.54 Å². The van der Waals surface area contributed by atoms with Crippen molar-refractivity contribution in [1.29, 1.82) is 0 Å². The fourth-order valence-electron chi connectivity index (χ4n) is 3.25. The molecule has 7 heteroatoms. The van der Waals surface area contributed by atoms with E-state index in [1.165, 1.54) is 6.07 Å². The number of likely N-dealkylation sites (tertiary alicyclic amines) is 1. The summed E-state index contributed by atoms with van der Waals surface area (Å²) in [5.74, 6) is 0.404. The molecule has 0 spiro atoms. The molecule has 0 saturated carbocycles. The largest absolute Gasteiger partial charge is 0.328 e. The third-order valence-corrected chi connectivity index (χ3v) is 4.46. The van der Waals surface area contributed by atoms with Gasteiger partial charge in [0.05, 0.1) is 17.3 Å². The van der Waals surface area contributed by atoms with E-state index in [4.69, 9.17) is 0 Å². The molecule has 0 aliphatic carbocycles.